The molecule has 1 aromatic carbocycles. The van der Waals surface area contributed by atoms with Crippen LogP contribution in [0.3, 0.4) is 0 Å². The fraction of sp³-hybridized carbons (Fsp3) is 0.577. The highest BCUT2D eigenvalue weighted by molar-refractivity contribution is 7.93. The van der Waals surface area contributed by atoms with Crippen LogP contribution in [0.4, 0.5) is 9.18 Å². The highest BCUT2D eigenvalue weighted by Crippen LogP contribution is 2.39. The highest BCUT2D eigenvalue weighted by atomic mass is 35.5. The van der Waals surface area contributed by atoms with E-state index in [1.54, 1.807) is 32.9 Å². The van der Waals surface area contributed by atoms with E-state index in [4.69, 9.17) is 16.3 Å². The van der Waals surface area contributed by atoms with Gasteiger partial charge in [0, 0.05) is 67.7 Å². The number of hydrogen-bond donors (Lipinski definition) is 1. The molecule has 0 aliphatic carbocycles. The number of rotatable bonds is 7. The van der Waals surface area contributed by atoms with Gasteiger partial charge in [0.2, 0.25) is 5.91 Å². The van der Waals surface area contributed by atoms with Gasteiger partial charge in [-0.3, -0.25) is 9.59 Å². The summed E-state index contributed by atoms with van der Waals surface area (Å²) in [4.78, 5) is 41.9. The zero-order valence-corrected chi connectivity index (χ0v) is 23.6. The number of halogens is 2. The van der Waals surface area contributed by atoms with E-state index in [0.29, 0.717) is 5.02 Å². The van der Waals surface area contributed by atoms with E-state index < -0.39 is 39.5 Å². The highest BCUT2D eigenvalue weighted by Gasteiger charge is 2.47. The van der Waals surface area contributed by atoms with Gasteiger partial charge in [-0.15, -0.1) is 0 Å². The lowest BCUT2D eigenvalue weighted by Gasteiger charge is -2.37. The molecule has 1 N–H and O–H groups in total. The third kappa shape index (κ3) is 7.47. The van der Waals surface area contributed by atoms with Crippen molar-refractivity contribution < 1.29 is 31.9 Å². The number of hydrogen-bond acceptors (Lipinski definition) is 6. The maximum atomic E-state index is 15.5. The number of sulfone groups is 1. The van der Waals surface area contributed by atoms with Crippen molar-refractivity contribution in [1.29, 1.82) is 0 Å². The third-order valence-electron chi connectivity index (χ3n) is 6.78. The molecule has 0 spiro atoms. The number of nitrogens with zero attached hydrogens (tertiary/aromatic N) is 2. The van der Waals surface area contributed by atoms with E-state index in [-0.39, 0.29) is 56.9 Å². The van der Waals surface area contributed by atoms with Crippen LogP contribution in [0, 0.1) is 5.92 Å². The van der Waals surface area contributed by atoms with Crippen LogP contribution in [0.1, 0.15) is 45.1 Å². The summed E-state index contributed by atoms with van der Waals surface area (Å²) in [5.41, 5.74) is -1.44. The van der Waals surface area contributed by atoms with E-state index in [0.717, 1.165) is 17.2 Å². The van der Waals surface area contributed by atoms with Gasteiger partial charge in [0.05, 0.1) is 12.0 Å². The normalized spacial score (nSPS) is 22.5. The number of ether oxygens (including phenoxy) is 1. The van der Waals surface area contributed by atoms with Gasteiger partial charge in [-0.2, -0.15) is 0 Å². The molecule has 3 atom stereocenters. The number of piperidine rings is 1. The Morgan fingerprint density at radius 1 is 1.13 bits per heavy atom. The lowest BCUT2D eigenvalue weighted by Crippen LogP contribution is -2.54. The number of alkyl halides is 1. The molecule has 0 saturated carbocycles. The summed E-state index contributed by atoms with van der Waals surface area (Å²) in [6.45, 7) is 5.50. The number of likely N-dealkylation sites (tertiary alicyclic amines) is 2. The Kier molecular flexibility index (Phi) is 9.46. The second-order valence-electron chi connectivity index (χ2n) is 10.3. The Morgan fingerprint density at radius 3 is 2.34 bits per heavy atom. The molecule has 38 heavy (non-hydrogen) atoms. The van der Waals surface area contributed by atoms with Crippen molar-refractivity contribution >= 4 is 39.3 Å². The number of carbonyl (C=O) groups excluding carboxylic acids is 3. The molecular formula is C26H35ClFN3O6S. The summed E-state index contributed by atoms with van der Waals surface area (Å²) >= 11 is 6.44. The fourth-order valence-electron chi connectivity index (χ4n) is 4.76. The smallest absolute Gasteiger partial charge is 0.410 e. The van der Waals surface area contributed by atoms with Crippen LogP contribution >= 0.6 is 11.6 Å². The van der Waals surface area contributed by atoms with Gasteiger partial charge in [0.1, 0.15) is 0 Å². The number of nitrogens with one attached hydrogen (secondary N) is 1. The maximum absolute atomic E-state index is 15.5. The van der Waals surface area contributed by atoms with Crippen molar-refractivity contribution in [2.45, 2.75) is 57.3 Å². The molecule has 12 heteroatoms. The zero-order chi connectivity index (χ0) is 28.3. The zero-order valence-electron chi connectivity index (χ0n) is 22.0. The second-order valence-corrected chi connectivity index (χ2v) is 12.6. The van der Waals surface area contributed by atoms with Crippen LogP contribution in [0.15, 0.2) is 35.7 Å². The minimum absolute atomic E-state index is 0.0263. The molecule has 3 amide bonds. The molecule has 2 fully saturated rings. The summed E-state index contributed by atoms with van der Waals surface area (Å²) in [7, 11) is -3.37. The molecule has 0 bridgehead atoms. The van der Waals surface area contributed by atoms with Gasteiger partial charge in [0.25, 0.3) is 5.91 Å². The van der Waals surface area contributed by atoms with Gasteiger partial charge >= 0.3 is 6.09 Å². The minimum Gasteiger partial charge on any atom is -0.447 e. The molecule has 9 nitrogen and oxygen atoms in total. The SMILES string of the molecule is CC(C)OC(=O)N1C[C@H](c2ccccc2Cl)[C@H](C(=O)N2CCC(F)(C(=O)N[C@H](C)/C=C\S(C)(=O)=O)CC2)C1. The molecule has 2 aliphatic rings. The van der Waals surface area contributed by atoms with Crippen LogP contribution in [-0.2, 0) is 24.2 Å². The van der Waals surface area contributed by atoms with E-state index in [1.807, 2.05) is 12.1 Å². The predicted octanol–water partition coefficient (Wildman–Crippen LogP) is 3.29. The van der Waals surface area contributed by atoms with Crippen molar-refractivity contribution in [3.8, 4) is 0 Å². The molecule has 2 heterocycles. The molecule has 0 aromatic heterocycles. The van der Waals surface area contributed by atoms with Crippen LogP contribution in [0.25, 0.3) is 0 Å². The lowest BCUT2D eigenvalue weighted by atomic mass is 9.86. The van der Waals surface area contributed by atoms with Gasteiger partial charge in [-0.1, -0.05) is 35.9 Å². The molecule has 0 radical (unpaired) electrons. The molecule has 210 valence electrons. The Bertz CT molecular complexity index is 1180. The molecular weight excluding hydrogens is 537 g/mol. The Morgan fingerprint density at radius 2 is 1.76 bits per heavy atom. The average molecular weight is 572 g/mol. The summed E-state index contributed by atoms with van der Waals surface area (Å²) in [6, 6.07) is 6.49. The summed E-state index contributed by atoms with van der Waals surface area (Å²) < 4.78 is 43.4. The molecule has 3 rings (SSSR count). The lowest BCUT2D eigenvalue weighted by molar-refractivity contribution is -0.144. The molecule has 0 unspecified atom stereocenters. The van der Waals surface area contributed by atoms with Crippen molar-refractivity contribution in [3.05, 3.63) is 46.3 Å². The Hall–Kier alpha value is -2.66. The van der Waals surface area contributed by atoms with Crippen molar-refractivity contribution in [3.63, 3.8) is 0 Å². The fourth-order valence-corrected chi connectivity index (χ4v) is 5.56. The first-order chi connectivity index (χ1) is 17.7. The van der Waals surface area contributed by atoms with E-state index in [9.17, 15) is 22.8 Å². The van der Waals surface area contributed by atoms with Crippen molar-refractivity contribution in [2.24, 2.45) is 5.92 Å². The Balaban J connectivity index is 1.70. The van der Waals surface area contributed by atoms with E-state index in [1.165, 1.54) is 15.9 Å². The topological polar surface area (TPSA) is 113 Å². The van der Waals surface area contributed by atoms with Gasteiger partial charge in [-0.05, 0) is 32.4 Å². The number of amides is 3. The van der Waals surface area contributed by atoms with Crippen LogP contribution in [0.5, 0.6) is 0 Å². The monoisotopic (exact) mass is 571 g/mol. The minimum atomic E-state index is -3.37. The third-order valence-corrected chi connectivity index (χ3v) is 7.78. The summed E-state index contributed by atoms with van der Waals surface area (Å²) in [6.07, 6.45) is 1.08. The standard InChI is InChI=1S/C26H35ClFN3O6S/c1-17(2)37-25(34)31-15-20(19-7-5-6-8-22(19)27)21(16-31)23(32)30-12-10-26(28,11-13-30)24(33)29-18(3)9-14-38(4,35)36/h5-9,14,17-18,20-21H,10-13,15-16H2,1-4H3,(H,29,33)/b14-9-/t18-,20-,21-/m1/s1. The van der Waals surface area contributed by atoms with Crippen molar-refractivity contribution in [2.75, 3.05) is 32.4 Å². The van der Waals surface area contributed by atoms with Crippen molar-refractivity contribution in [1.82, 2.24) is 15.1 Å². The summed E-state index contributed by atoms with van der Waals surface area (Å²) in [5.74, 6) is -2.04. The van der Waals surface area contributed by atoms with Crippen LogP contribution in [-0.4, -0.2) is 86.4 Å². The molecule has 2 aliphatic heterocycles. The first-order valence-electron chi connectivity index (χ1n) is 12.6. The van der Waals surface area contributed by atoms with Gasteiger partial charge in [-0.25, -0.2) is 17.6 Å². The first-order valence-corrected chi connectivity index (χ1v) is 14.9. The van der Waals surface area contributed by atoms with Gasteiger partial charge in [0.15, 0.2) is 15.5 Å². The van der Waals surface area contributed by atoms with E-state index >= 15 is 4.39 Å². The summed E-state index contributed by atoms with van der Waals surface area (Å²) in [5, 5.41) is 3.94. The molecule has 1 aromatic rings. The predicted molar refractivity (Wildman–Crippen MR) is 142 cm³/mol. The maximum Gasteiger partial charge on any atom is 0.410 e. The van der Waals surface area contributed by atoms with Crippen LogP contribution in [0.2, 0.25) is 5.02 Å². The second kappa shape index (κ2) is 12.0. The number of carbonyl (C=O) groups is 3. The van der Waals surface area contributed by atoms with Gasteiger partial charge < -0.3 is 19.9 Å². The average Bonchev–Trinajstić information content (AvgIpc) is 3.28. The quantitative estimate of drug-likeness (QED) is 0.537. The number of benzene rings is 1. The van der Waals surface area contributed by atoms with E-state index in [2.05, 4.69) is 5.32 Å². The largest absolute Gasteiger partial charge is 0.447 e. The Labute approximate surface area is 228 Å². The molecule has 2 saturated heterocycles. The first kappa shape index (κ1) is 29.9. The van der Waals surface area contributed by atoms with Crippen LogP contribution < -0.4 is 5.32 Å².